The van der Waals surface area contributed by atoms with Crippen molar-refractivity contribution in [2.75, 3.05) is 27.2 Å². The van der Waals surface area contributed by atoms with Gasteiger partial charge in [-0.3, -0.25) is 0 Å². The van der Waals surface area contributed by atoms with Gasteiger partial charge < -0.3 is 25.1 Å². The molecule has 0 saturated heterocycles. The van der Waals surface area contributed by atoms with E-state index in [1.165, 1.54) is 11.1 Å². The van der Waals surface area contributed by atoms with Crippen LogP contribution in [0, 0.1) is 0 Å². The third-order valence-electron chi connectivity index (χ3n) is 3.28. The van der Waals surface area contributed by atoms with Crippen molar-refractivity contribution in [2.45, 2.75) is 12.1 Å². The number of nitrogens with one attached hydrogen (secondary N) is 2. The Bertz CT molecular complexity index is 555. The Balaban J connectivity index is 1.77. The number of amides is 2. The molecule has 0 aliphatic carbocycles. The standard InChI is InChI=1S/C15H21N3O3S/c1-18(2)11(14-6-4-8-22-14)9-16-15(20)17-10-12(19)13-5-3-7-21-13/h3-8,11-12,19H,9-10H2,1-2H3,(H2,16,17,20). The second-order valence-corrected chi connectivity index (χ2v) is 6.10. The molecule has 0 aromatic carbocycles. The summed E-state index contributed by atoms with van der Waals surface area (Å²) in [6, 6.07) is 7.23. The fourth-order valence-corrected chi connectivity index (χ4v) is 2.96. The largest absolute Gasteiger partial charge is 0.467 e. The number of carbonyl (C=O) groups excluding carboxylic acids is 1. The van der Waals surface area contributed by atoms with E-state index in [2.05, 4.69) is 21.6 Å². The summed E-state index contributed by atoms with van der Waals surface area (Å²) in [6.45, 7) is 0.598. The van der Waals surface area contributed by atoms with Gasteiger partial charge in [0.25, 0.3) is 0 Å². The van der Waals surface area contributed by atoms with Crippen molar-refractivity contribution in [1.29, 1.82) is 0 Å². The van der Waals surface area contributed by atoms with Gasteiger partial charge in [-0.15, -0.1) is 11.3 Å². The molecule has 7 heteroatoms. The van der Waals surface area contributed by atoms with Gasteiger partial charge in [0.15, 0.2) is 0 Å². The summed E-state index contributed by atoms with van der Waals surface area (Å²) in [5.74, 6) is 0.435. The van der Waals surface area contributed by atoms with Crippen molar-refractivity contribution in [1.82, 2.24) is 15.5 Å². The highest BCUT2D eigenvalue weighted by Gasteiger charge is 2.17. The van der Waals surface area contributed by atoms with E-state index >= 15 is 0 Å². The monoisotopic (exact) mass is 323 g/mol. The van der Waals surface area contributed by atoms with Crippen molar-refractivity contribution in [3.63, 3.8) is 0 Å². The van der Waals surface area contributed by atoms with Crippen molar-refractivity contribution in [3.05, 3.63) is 46.5 Å². The summed E-state index contributed by atoms with van der Waals surface area (Å²) >= 11 is 1.66. The van der Waals surface area contributed by atoms with Gasteiger partial charge in [0.1, 0.15) is 11.9 Å². The van der Waals surface area contributed by atoms with Crippen LogP contribution in [0.1, 0.15) is 22.8 Å². The highest BCUT2D eigenvalue weighted by atomic mass is 32.1. The Kier molecular flexibility index (Phi) is 6.00. The molecule has 3 N–H and O–H groups in total. The lowest BCUT2D eigenvalue weighted by atomic mass is 10.2. The van der Waals surface area contributed by atoms with Crippen molar-refractivity contribution in [2.24, 2.45) is 0 Å². The molecule has 22 heavy (non-hydrogen) atoms. The number of rotatable bonds is 7. The highest BCUT2D eigenvalue weighted by molar-refractivity contribution is 7.10. The quantitative estimate of drug-likeness (QED) is 0.728. The molecule has 2 atom stereocenters. The Hall–Kier alpha value is -1.83. The summed E-state index contributed by atoms with van der Waals surface area (Å²) in [7, 11) is 3.95. The average molecular weight is 323 g/mol. The summed E-state index contributed by atoms with van der Waals surface area (Å²) in [5, 5.41) is 17.3. The lowest BCUT2D eigenvalue weighted by Crippen LogP contribution is -2.41. The minimum atomic E-state index is -0.845. The van der Waals surface area contributed by atoms with E-state index in [0.717, 1.165) is 0 Å². The van der Waals surface area contributed by atoms with E-state index in [4.69, 9.17) is 4.42 Å². The van der Waals surface area contributed by atoms with Gasteiger partial charge in [0, 0.05) is 11.4 Å². The fourth-order valence-electron chi connectivity index (χ4n) is 2.04. The minimum absolute atomic E-state index is 0.102. The predicted molar refractivity (Wildman–Crippen MR) is 85.8 cm³/mol. The van der Waals surface area contributed by atoms with Gasteiger partial charge in [0.2, 0.25) is 0 Å². The van der Waals surface area contributed by atoms with Crippen LogP contribution < -0.4 is 10.6 Å². The van der Waals surface area contributed by atoms with Crippen LogP contribution in [0.5, 0.6) is 0 Å². The molecule has 2 rings (SSSR count). The number of carbonyl (C=O) groups is 1. The first-order chi connectivity index (χ1) is 10.6. The molecular formula is C15H21N3O3S. The van der Waals surface area contributed by atoms with Gasteiger partial charge in [0.05, 0.1) is 18.8 Å². The van der Waals surface area contributed by atoms with E-state index in [0.29, 0.717) is 12.3 Å². The molecule has 0 fully saturated rings. The molecular weight excluding hydrogens is 302 g/mol. The number of urea groups is 1. The number of aliphatic hydroxyl groups is 1. The number of hydrogen-bond acceptors (Lipinski definition) is 5. The van der Waals surface area contributed by atoms with Gasteiger partial charge >= 0.3 is 6.03 Å². The van der Waals surface area contributed by atoms with Crippen molar-refractivity contribution >= 4 is 17.4 Å². The lowest BCUT2D eigenvalue weighted by molar-refractivity contribution is 0.147. The summed E-state index contributed by atoms with van der Waals surface area (Å²) in [6.07, 6.45) is 0.643. The zero-order valence-corrected chi connectivity index (χ0v) is 13.5. The van der Waals surface area contributed by atoms with Crippen LogP contribution in [0.3, 0.4) is 0 Å². The molecule has 2 unspecified atom stereocenters. The first-order valence-electron chi connectivity index (χ1n) is 7.01. The summed E-state index contributed by atoms with van der Waals surface area (Å²) < 4.78 is 5.08. The second kappa shape index (κ2) is 7.98. The molecule has 0 saturated carbocycles. The van der Waals surface area contributed by atoms with Crippen molar-refractivity contribution in [3.8, 4) is 0 Å². The van der Waals surface area contributed by atoms with Crippen LogP contribution in [0.4, 0.5) is 4.79 Å². The maximum Gasteiger partial charge on any atom is 0.314 e. The highest BCUT2D eigenvalue weighted by Crippen LogP contribution is 2.22. The normalized spacial score (nSPS) is 13.8. The Morgan fingerprint density at radius 1 is 1.32 bits per heavy atom. The molecule has 0 bridgehead atoms. The number of furan rings is 1. The predicted octanol–water partition coefficient (Wildman–Crippen LogP) is 1.98. The molecule has 0 aliphatic rings. The Morgan fingerprint density at radius 2 is 2.09 bits per heavy atom. The van der Waals surface area contributed by atoms with E-state index in [9.17, 15) is 9.90 Å². The SMILES string of the molecule is CN(C)C(CNC(=O)NCC(O)c1ccco1)c1cccs1. The van der Waals surface area contributed by atoms with Gasteiger partial charge in [-0.1, -0.05) is 6.07 Å². The zero-order valence-electron chi connectivity index (χ0n) is 12.7. The lowest BCUT2D eigenvalue weighted by Gasteiger charge is -2.23. The molecule has 2 heterocycles. The maximum atomic E-state index is 11.8. The van der Waals surface area contributed by atoms with Crippen LogP contribution in [-0.2, 0) is 0 Å². The Labute approximate surface area is 133 Å². The number of thiophene rings is 1. The molecule has 2 aromatic rings. The van der Waals surface area contributed by atoms with Crippen LogP contribution >= 0.6 is 11.3 Å². The number of aliphatic hydroxyl groups excluding tert-OH is 1. The van der Waals surface area contributed by atoms with E-state index in [-0.39, 0.29) is 18.6 Å². The smallest absolute Gasteiger partial charge is 0.314 e. The average Bonchev–Trinajstić information content (AvgIpc) is 3.17. The third kappa shape index (κ3) is 4.59. The fraction of sp³-hybridized carbons (Fsp3) is 0.400. The molecule has 2 amide bonds. The van der Waals surface area contributed by atoms with Gasteiger partial charge in [-0.2, -0.15) is 0 Å². The van der Waals surface area contributed by atoms with Gasteiger partial charge in [-0.05, 0) is 37.7 Å². The second-order valence-electron chi connectivity index (χ2n) is 5.12. The van der Waals surface area contributed by atoms with Crippen molar-refractivity contribution < 1.29 is 14.3 Å². The number of nitrogens with zero attached hydrogens (tertiary/aromatic N) is 1. The maximum absolute atomic E-state index is 11.8. The zero-order chi connectivity index (χ0) is 15.9. The van der Waals surface area contributed by atoms with Gasteiger partial charge in [-0.25, -0.2) is 4.79 Å². The summed E-state index contributed by atoms with van der Waals surface area (Å²) in [4.78, 5) is 15.1. The molecule has 0 radical (unpaired) electrons. The van der Waals surface area contributed by atoms with E-state index in [1.807, 2.05) is 25.5 Å². The molecule has 0 spiro atoms. The van der Waals surface area contributed by atoms with Crippen LogP contribution in [0.15, 0.2) is 40.3 Å². The van der Waals surface area contributed by atoms with E-state index < -0.39 is 6.10 Å². The molecule has 2 aromatic heterocycles. The van der Waals surface area contributed by atoms with Crippen LogP contribution in [0.2, 0.25) is 0 Å². The molecule has 0 aliphatic heterocycles. The molecule has 6 nitrogen and oxygen atoms in total. The Morgan fingerprint density at radius 3 is 2.68 bits per heavy atom. The third-order valence-corrected chi connectivity index (χ3v) is 4.25. The van der Waals surface area contributed by atoms with Crippen LogP contribution in [0.25, 0.3) is 0 Å². The molecule has 120 valence electrons. The topological polar surface area (TPSA) is 77.7 Å². The first kappa shape index (κ1) is 16.5. The van der Waals surface area contributed by atoms with E-state index in [1.54, 1.807) is 23.5 Å². The van der Waals surface area contributed by atoms with Crippen LogP contribution in [-0.4, -0.2) is 43.2 Å². The first-order valence-corrected chi connectivity index (χ1v) is 7.89. The minimum Gasteiger partial charge on any atom is -0.467 e. The summed E-state index contributed by atoms with van der Waals surface area (Å²) in [5.41, 5.74) is 0. The number of likely N-dealkylation sites (N-methyl/N-ethyl adjacent to an activating group) is 1. The number of hydrogen-bond donors (Lipinski definition) is 3.